The molecule has 0 spiro atoms. The normalized spacial score (nSPS) is 10.6. The highest BCUT2D eigenvalue weighted by Gasteiger charge is 2.10. The van der Waals surface area contributed by atoms with E-state index < -0.39 is 4.92 Å². The van der Waals surface area contributed by atoms with E-state index in [1.54, 1.807) is 6.07 Å². The van der Waals surface area contributed by atoms with Crippen molar-refractivity contribution in [3.05, 3.63) is 46.0 Å². The van der Waals surface area contributed by atoms with Gasteiger partial charge in [0.2, 0.25) is 0 Å². The van der Waals surface area contributed by atoms with Crippen LogP contribution in [0.3, 0.4) is 0 Å². The number of benzene rings is 1. The average Bonchev–Trinajstić information content (AvgIpc) is 2.29. The number of rotatable bonds is 5. The van der Waals surface area contributed by atoms with Crippen molar-refractivity contribution in [2.75, 3.05) is 6.61 Å². The van der Waals surface area contributed by atoms with Gasteiger partial charge in [0.1, 0.15) is 12.4 Å². The van der Waals surface area contributed by atoms with Crippen LogP contribution in [0, 0.1) is 10.1 Å². The molecule has 5 heteroatoms. The zero-order valence-corrected chi connectivity index (χ0v) is 9.05. The molecule has 5 nitrogen and oxygen atoms in total. The van der Waals surface area contributed by atoms with E-state index in [-0.39, 0.29) is 12.2 Å². The van der Waals surface area contributed by atoms with Crippen LogP contribution in [0.5, 0.6) is 5.75 Å². The Kier molecular flexibility index (Phi) is 4.47. The molecule has 1 aromatic rings. The van der Waals surface area contributed by atoms with Crippen LogP contribution >= 0.6 is 0 Å². The summed E-state index contributed by atoms with van der Waals surface area (Å²) in [4.78, 5) is 10.1. The van der Waals surface area contributed by atoms with Crippen molar-refractivity contribution >= 4 is 5.69 Å². The Labute approximate surface area is 93.7 Å². The first-order valence-corrected chi connectivity index (χ1v) is 4.90. The summed E-state index contributed by atoms with van der Waals surface area (Å²) >= 11 is 0. The number of allylic oxidation sites excluding steroid dienone is 1. The van der Waals surface area contributed by atoms with Crippen molar-refractivity contribution in [3.8, 4) is 5.75 Å². The number of nitrogens with zero attached hydrogens (tertiary/aromatic N) is 1. The highest BCUT2D eigenvalue weighted by Crippen LogP contribution is 2.23. The van der Waals surface area contributed by atoms with Gasteiger partial charge in [-0.3, -0.25) is 10.1 Å². The molecule has 0 unspecified atom stereocenters. The topological polar surface area (TPSA) is 78.4 Å². The van der Waals surface area contributed by atoms with Crippen LogP contribution in [0.15, 0.2) is 30.4 Å². The molecule has 0 aliphatic heterocycles. The van der Waals surface area contributed by atoms with E-state index in [1.807, 2.05) is 19.1 Å². The highest BCUT2D eigenvalue weighted by atomic mass is 16.6. The Balaban J connectivity index is 2.88. The fraction of sp³-hybridized carbons (Fsp3) is 0.273. The van der Waals surface area contributed by atoms with Crippen LogP contribution in [0.4, 0.5) is 5.69 Å². The molecule has 0 fully saturated rings. The molecule has 0 atom stereocenters. The predicted octanol–water partition coefficient (Wildman–Crippen LogP) is 2.01. The molecule has 0 radical (unpaired) electrons. The van der Waals surface area contributed by atoms with Gasteiger partial charge in [-0.2, -0.15) is 0 Å². The molecule has 0 heterocycles. The molecular weight excluding hydrogens is 208 g/mol. The first-order valence-electron chi connectivity index (χ1n) is 4.90. The molecule has 16 heavy (non-hydrogen) atoms. The quantitative estimate of drug-likeness (QED) is 0.469. The van der Waals surface area contributed by atoms with E-state index in [9.17, 15) is 10.1 Å². The average molecular weight is 222 g/mol. The number of ether oxygens (including phenoxy) is 1. The van der Waals surface area contributed by atoms with Crippen molar-refractivity contribution in [1.29, 1.82) is 0 Å². The summed E-state index contributed by atoms with van der Waals surface area (Å²) in [5, 5.41) is 10.6. The smallest absolute Gasteiger partial charge is 0.270 e. The molecule has 86 valence electrons. The van der Waals surface area contributed by atoms with Crippen LogP contribution in [0.25, 0.3) is 0 Å². The molecule has 1 aromatic carbocycles. The molecular formula is C11H14N2O3. The number of nitro benzene ring substituents is 1. The van der Waals surface area contributed by atoms with Crippen LogP contribution in [-0.2, 0) is 6.54 Å². The summed E-state index contributed by atoms with van der Waals surface area (Å²) < 4.78 is 5.41. The number of non-ortho nitro benzene ring substituents is 1. The minimum absolute atomic E-state index is 0.0267. The van der Waals surface area contributed by atoms with Gasteiger partial charge in [0.15, 0.2) is 0 Å². The maximum absolute atomic E-state index is 10.6. The van der Waals surface area contributed by atoms with Gasteiger partial charge >= 0.3 is 0 Å². The molecule has 0 aromatic heterocycles. The van der Waals surface area contributed by atoms with Crippen LogP contribution in [0.1, 0.15) is 12.5 Å². The number of hydrogen-bond acceptors (Lipinski definition) is 4. The first kappa shape index (κ1) is 12.2. The Morgan fingerprint density at radius 3 is 2.88 bits per heavy atom. The summed E-state index contributed by atoms with van der Waals surface area (Å²) in [6, 6.07) is 4.42. The molecule has 0 saturated heterocycles. The minimum Gasteiger partial charge on any atom is -0.489 e. The van der Waals surface area contributed by atoms with Crippen molar-refractivity contribution < 1.29 is 9.66 Å². The third-order valence-electron chi connectivity index (χ3n) is 2.05. The monoisotopic (exact) mass is 222 g/mol. The molecule has 0 saturated carbocycles. The molecule has 2 N–H and O–H groups in total. The van der Waals surface area contributed by atoms with Gasteiger partial charge in [-0.25, -0.2) is 0 Å². The second-order valence-corrected chi connectivity index (χ2v) is 3.13. The number of nitrogens with two attached hydrogens (primary N) is 1. The van der Waals surface area contributed by atoms with Gasteiger partial charge in [-0.1, -0.05) is 12.2 Å². The predicted molar refractivity (Wildman–Crippen MR) is 61.3 cm³/mol. The van der Waals surface area contributed by atoms with Gasteiger partial charge in [-0.15, -0.1) is 0 Å². The van der Waals surface area contributed by atoms with E-state index in [0.29, 0.717) is 17.9 Å². The molecule has 0 bridgehead atoms. The Morgan fingerprint density at radius 1 is 1.56 bits per heavy atom. The van der Waals surface area contributed by atoms with Crippen molar-refractivity contribution in [2.24, 2.45) is 5.73 Å². The summed E-state index contributed by atoms with van der Waals surface area (Å²) in [5.74, 6) is 0.589. The molecule has 0 aliphatic carbocycles. The Hall–Kier alpha value is -1.88. The highest BCUT2D eigenvalue weighted by molar-refractivity contribution is 5.43. The SMILES string of the molecule is C/C=C/COc1ccc([N+](=O)[O-])cc1CN. The third kappa shape index (κ3) is 3.06. The van der Waals surface area contributed by atoms with Crippen LogP contribution in [0.2, 0.25) is 0 Å². The summed E-state index contributed by atoms with van der Waals surface area (Å²) in [6.07, 6.45) is 3.72. The Morgan fingerprint density at radius 2 is 2.31 bits per heavy atom. The fourth-order valence-electron chi connectivity index (χ4n) is 1.21. The molecule has 1 rings (SSSR count). The van der Waals surface area contributed by atoms with Crippen LogP contribution < -0.4 is 10.5 Å². The van der Waals surface area contributed by atoms with E-state index in [1.165, 1.54) is 12.1 Å². The van der Waals surface area contributed by atoms with E-state index in [2.05, 4.69) is 0 Å². The first-order chi connectivity index (χ1) is 7.69. The minimum atomic E-state index is -0.450. The number of nitro groups is 1. The van der Waals surface area contributed by atoms with E-state index in [0.717, 1.165) is 0 Å². The van der Waals surface area contributed by atoms with Crippen molar-refractivity contribution in [3.63, 3.8) is 0 Å². The lowest BCUT2D eigenvalue weighted by atomic mass is 10.2. The van der Waals surface area contributed by atoms with Crippen molar-refractivity contribution in [1.82, 2.24) is 0 Å². The van der Waals surface area contributed by atoms with Gasteiger partial charge in [0.25, 0.3) is 5.69 Å². The van der Waals surface area contributed by atoms with Crippen molar-refractivity contribution in [2.45, 2.75) is 13.5 Å². The lowest BCUT2D eigenvalue weighted by Gasteiger charge is -2.08. The van der Waals surface area contributed by atoms with Gasteiger partial charge in [0.05, 0.1) is 4.92 Å². The summed E-state index contributed by atoms with van der Waals surface area (Å²) in [7, 11) is 0. The summed E-state index contributed by atoms with van der Waals surface area (Å²) in [6.45, 7) is 2.54. The second-order valence-electron chi connectivity index (χ2n) is 3.13. The Bertz CT molecular complexity index is 402. The molecule has 0 amide bonds. The largest absolute Gasteiger partial charge is 0.489 e. The lowest BCUT2D eigenvalue weighted by Crippen LogP contribution is -2.03. The lowest BCUT2D eigenvalue weighted by molar-refractivity contribution is -0.384. The fourth-order valence-corrected chi connectivity index (χ4v) is 1.21. The van der Waals surface area contributed by atoms with Gasteiger partial charge in [0, 0.05) is 24.2 Å². The van der Waals surface area contributed by atoms with E-state index in [4.69, 9.17) is 10.5 Å². The van der Waals surface area contributed by atoms with Gasteiger partial charge in [-0.05, 0) is 13.0 Å². The number of hydrogen-bond donors (Lipinski definition) is 1. The zero-order valence-electron chi connectivity index (χ0n) is 9.05. The van der Waals surface area contributed by atoms with E-state index >= 15 is 0 Å². The summed E-state index contributed by atoms with van der Waals surface area (Å²) in [5.41, 5.74) is 6.17. The maximum atomic E-state index is 10.6. The standard InChI is InChI=1S/C11H14N2O3/c1-2-3-6-16-11-5-4-10(13(14)15)7-9(11)8-12/h2-5,7H,6,8,12H2,1H3/b3-2+. The third-order valence-corrected chi connectivity index (χ3v) is 2.05. The van der Waals surface area contributed by atoms with Crippen LogP contribution in [-0.4, -0.2) is 11.5 Å². The zero-order chi connectivity index (χ0) is 12.0. The molecule has 0 aliphatic rings. The second kappa shape index (κ2) is 5.87. The van der Waals surface area contributed by atoms with Gasteiger partial charge < -0.3 is 10.5 Å². The maximum Gasteiger partial charge on any atom is 0.270 e.